The predicted molar refractivity (Wildman–Crippen MR) is 59.8 cm³/mol. The zero-order chi connectivity index (χ0) is 13.1. The maximum Gasteiger partial charge on any atom is 0.267 e. The van der Waals surface area contributed by atoms with Crippen molar-refractivity contribution in [3.8, 4) is 5.75 Å². The molecule has 0 saturated carbocycles. The van der Waals surface area contributed by atoms with Crippen LogP contribution in [0.4, 0.5) is 8.78 Å². The molecule has 1 aromatic carbocycles. The highest BCUT2D eigenvalue weighted by Crippen LogP contribution is 2.27. The Bertz CT molecular complexity index is 479. The number of hydrogen-bond acceptors (Lipinski definition) is 3. The number of halogens is 3. The summed E-state index contributed by atoms with van der Waals surface area (Å²) in [7, 11) is 0.460. The average Bonchev–Trinajstić information content (AvgIpc) is 2.14. The van der Waals surface area contributed by atoms with Gasteiger partial charge in [0.25, 0.3) is 9.05 Å². The van der Waals surface area contributed by atoms with Crippen LogP contribution in [0.25, 0.3) is 0 Å². The molecule has 0 spiro atoms. The molecule has 0 amide bonds. The Balaban J connectivity index is 3.02. The van der Waals surface area contributed by atoms with E-state index in [4.69, 9.17) is 15.4 Å². The lowest BCUT2D eigenvalue weighted by Crippen LogP contribution is -2.03. The zero-order valence-corrected chi connectivity index (χ0v) is 10.6. The normalized spacial score (nSPS) is 11.5. The van der Waals surface area contributed by atoms with Gasteiger partial charge in [0.2, 0.25) is 0 Å². The van der Waals surface area contributed by atoms with Crippen LogP contribution in [0.15, 0.2) is 17.0 Å². The van der Waals surface area contributed by atoms with E-state index in [0.29, 0.717) is 6.61 Å². The highest BCUT2D eigenvalue weighted by Gasteiger charge is 2.23. The van der Waals surface area contributed by atoms with E-state index in [9.17, 15) is 17.2 Å². The van der Waals surface area contributed by atoms with Crippen LogP contribution in [0.5, 0.6) is 5.75 Å². The standard InChI is InChI=1S/C10H11ClF2O3S/c1-2-3-4-16-7-5-8(12)10(9(13)6-7)17(11,14)15/h5-6H,2-4H2,1H3. The topological polar surface area (TPSA) is 43.4 Å². The summed E-state index contributed by atoms with van der Waals surface area (Å²) in [4.78, 5) is -1.15. The lowest BCUT2D eigenvalue weighted by molar-refractivity contribution is 0.305. The molecule has 7 heteroatoms. The van der Waals surface area contributed by atoms with Gasteiger partial charge in [0.05, 0.1) is 6.61 Å². The molecule has 0 aliphatic carbocycles. The number of ether oxygens (including phenoxy) is 1. The quantitative estimate of drug-likeness (QED) is 0.616. The maximum absolute atomic E-state index is 13.3. The van der Waals surface area contributed by atoms with Crippen LogP contribution >= 0.6 is 10.7 Å². The number of benzene rings is 1. The van der Waals surface area contributed by atoms with E-state index < -0.39 is 25.6 Å². The minimum atomic E-state index is -4.44. The Morgan fingerprint density at radius 1 is 1.29 bits per heavy atom. The zero-order valence-electron chi connectivity index (χ0n) is 9.04. The van der Waals surface area contributed by atoms with Gasteiger partial charge in [0, 0.05) is 22.8 Å². The van der Waals surface area contributed by atoms with Crippen molar-refractivity contribution in [2.45, 2.75) is 24.7 Å². The molecule has 0 heterocycles. The smallest absolute Gasteiger partial charge is 0.267 e. The summed E-state index contributed by atoms with van der Waals surface area (Å²) in [5, 5.41) is 0. The van der Waals surface area contributed by atoms with E-state index >= 15 is 0 Å². The van der Waals surface area contributed by atoms with Gasteiger partial charge in [-0.1, -0.05) is 13.3 Å². The monoisotopic (exact) mass is 284 g/mol. The van der Waals surface area contributed by atoms with Crippen molar-refractivity contribution >= 4 is 19.7 Å². The molecule has 0 aliphatic heterocycles. The molecule has 0 aliphatic rings. The summed E-state index contributed by atoms with van der Waals surface area (Å²) in [6.45, 7) is 2.25. The molecule has 1 aromatic rings. The Labute approximate surface area is 103 Å². The summed E-state index contributed by atoms with van der Waals surface area (Å²) >= 11 is 0. The van der Waals surface area contributed by atoms with Crippen LogP contribution in [0.2, 0.25) is 0 Å². The van der Waals surface area contributed by atoms with Gasteiger partial charge in [-0.25, -0.2) is 17.2 Å². The Morgan fingerprint density at radius 3 is 2.24 bits per heavy atom. The van der Waals surface area contributed by atoms with Crippen LogP contribution in [-0.4, -0.2) is 15.0 Å². The molecular formula is C10H11ClF2O3S. The molecule has 0 aromatic heterocycles. The number of unbranched alkanes of at least 4 members (excludes halogenated alkanes) is 1. The van der Waals surface area contributed by atoms with Crippen LogP contribution in [-0.2, 0) is 9.05 Å². The van der Waals surface area contributed by atoms with Gasteiger partial charge in [0.15, 0.2) is 4.90 Å². The van der Waals surface area contributed by atoms with E-state index in [1.54, 1.807) is 0 Å². The summed E-state index contributed by atoms with van der Waals surface area (Å²) in [5.41, 5.74) is 0. The van der Waals surface area contributed by atoms with Crippen LogP contribution in [0, 0.1) is 11.6 Å². The molecule has 96 valence electrons. The van der Waals surface area contributed by atoms with Crippen LogP contribution < -0.4 is 4.74 Å². The summed E-state index contributed by atoms with van der Waals surface area (Å²) in [6.07, 6.45) is 1.61. The Kier molecular flexibility index (Phi) is 4.70. The summed E-state index contributed by atoms with van der Waals surface area (Å²) < 4.78 is 53.5. The molecule has 0 bridgehead atoms. The molecule has 0 fully saturated rings. The minimum Gasteiger partial charge on any atom is -0.493 e. The molecule has 17 heavy (non-hydrogen) atoms. The van der Waals surface area contributed by atoms with E-state index in [0.717, 1.165) is 25.0 Å². The van der Waals surface area contributed by atoms with Crippen molar-refractivity contribution in [3.05, 3.63) is 23.8 Å². The first-order chi connectivity index (χ1) is 7.86. The first kappa shape index (κ1) is 14.2. The molecule has 0 N–H and O–H groups in total. The predicted octanol–water partition coefficient (Wildman–Crippen LogP) is 3.07. The van der Waals surface area contributed by atoms with Gasteiger partial charge in [-0.3, -0.25) is 0 Å². The molecule has 0 radical (unpaired) electrons. The maximum atomic E-state index is 13.3. The van der Waals surface area contributed by atoms with E-state index in [1.165, 1.54) is 0 Å². The highest BCUT2D eigenvalue weighted by atomic mass is 35.7. The minimum absolute atomic E-state index is 0.0579. The Hall–Kier alpha value is -0.880. The first-order valence-corrected chi connectivity index (χ1v) is 7.23. The lowest BCUT2D eigenvalue weighted by Gasteiger charge is -2.07. The van der Waals surface area contributed by atoms with Gasteiger partial charge < -0.3 is 4.74 Å². The SMILES string of the molecule is CCCCOc1cc(F)c(S(=O)(=O)Cl)c(F)c1. The summed E-state index contributed by atoms with van der Waals surface area (Å²) in [5.74, 6) is -2.57. The van der Waals surface area contributed by atoms with Gasteiger partial charge in [-0.05, 0) is 6.42 Å². The van der Waals surface area contributed by atoms with Crippen LogP contribution in [0.3, 0.4) is 0 Å². The third kappa shape index (κ3) is 3.81. The van der Waals surface area contributed by atoms with Crippen LogP contribution in [0.1, 0.15) is 19.8 Å². The van der Waals surface area contributed by atoms with Gasteiger partial charge in [-0.15, -0.1) is 0 Å². The largest absolute Gasteiger partial charge is 0.493 e. The highest BCUT2D eigenvalue weighted by molar-refractivity contribution is 8.13. The third-order valence-corrected chi connectivity index (χ3v) is 3.32. The Morgan fingerprint density at radius 2 is 1.82 bits per heavy atom. The third-order valence-electron chi connectivity index (χ3n) is 1.98. The molecule has 3 nitrogen and oxygen atoms in total. The van der Waals surface area contributed by atoms with Gasteiger partial charge >= 0.3 is 0 Å². The first-order valence-electron chi connectivity index (χ1n) is 4.92. The van der Waals surface area contributed by atoms with Crippen molar-refractivity contribution < 1.29 is 21.9 Å². The average molecular weight is 285 g/mol. The molecule has 0 unspecified atom stereocenters. The van der Waals surface area contributed by atoms with Crippen molar-refractivity contribution in [3.63, 3.8) is 0 Å². The summed E-state index contributed by atoms with van der Waals surface area (Å²) in [6, 6.07) is 1.60. The molecule has 0 atom stereocenters. The van der Waals surface area contributed by atoms with E-state index in [-0.39, 0.29) is 5.75 Å². The number of rotatable bonds is 5. The van der Waals surface area contributed by atoms with Crippen molar-refractivity contribution in [1.29, 1.82) is 0 Å². The van der Waals surface area contributed by atoms with Gasteiger partial charge in [0.1, 0.15) is 17.4 Å². The molecule has 1 rings (SSSR count). The lowest BCUT2D eigenvalue weighted by atomic mass is 10.3. The molecular weight excluding hydrogens is 274 g/mol. The van der Waals surface area contributed by atoms with Crippen molar-refractivity contribution in [1.82, 2.24) is 0 Å². The second-order valence-corrected chi connectivity index (χ2v) is 5.86. The second-order valence-electron chi connectivity index (χ2n) is 3.36. The molecule has 0 saturated heterocycles. The fourth-order valence-electron chi connectivity index (χ4n) is 1.19. The van der Waals surface area contributed by atoms with E-state index in [2.05, 4.69) is 0 Å². The fraction of sp³-hybridized carbons (Fsp3) is 0.400. The fourth-order valence-corrected chi connectivity index (χ4v) is 2.21. The van der Waals surface area contributed by atoms with E-state index in [1.807, 2.05) is 6.92 Å². The van der Waals surface area contributed by atoms with Crippen molar-refractivity contribution in [2.75, 3.05) is 6.61 Å². The second kappa shape index (κ2) is 5.64. The number of hydrogen-bond donors (Lipinski definition) is 0. The van der Waals surface area contributed by atoms with Gasteiger partial charge in [-0.2, -0.15) is 0 Å². The van der Waals surface area contributed by atoms with Crippen molar-refractivity contribution in [2.24, 2.45) is 0 Å².